The Morgan fingerprint density at radius 3 is 2.23 bits per heavy atom. The Kier molecular flexibility index (Phi) is 1.60. The normalized spacial score (nSPS) is 29.2. The van der Waals surface area contributed by atoms with Crippen molar-refractivity contribution >= 4 is 0 Å². The Labute approximate surface area is 72.9 Å². The van der Waals surface area contributed by atoms with Crippen molar-refractivity contribution in [3.63, 3.8) is 0 Å². The fraction of sp³-hybridized carbons (Fsp3) is 0.556. The molecule has 0 aliphatic heterocycles. The Hall–Kier alpha value is -0.800. The third-order valence-electron chi connectivity index (χ3n) is 2.52. The van der Waals surface area contributed by atoms with Gasteiger partial charge >= 0.3 is 0 Å². The van der Waals surface area contributed by atoms with Crippen molar-refractivity contribution in [1.82, 2.24) is 0 Å². The van der Waals surface area contributed by atoms with E-state index in [1.807, 2.05) is 0 Å². The maximum absolute atomic E-state index is 13.1. The van der Waals surface area contributed by atoms with E-state index < -0.39 is 30.3 Å². The van der Waals surface area contributed by atoms with Gasteiger partial charge in [0.1, 0.15) is 0 Å². The molecule has 2 aliphatic carbocycles. The van der Waals surface area contributed by atoms with E-state index in [9.17, 15) is 17.6 Å². The van der Waals surface area contributed by atoms with Crippen LogP contribution < -0.4 is 0 Å². The zero-order valence-electron chi connectivity index (χ0n) is 6.79. The van der Waals surface area contributed by atoms with Gasteiger partial charge in [0.25, 0.3) is 11.8 Å². The predicted molar refractivity (Wildman–Crippen MR) is 39.9 cm³/mol. The standard InChI is InChI=1S/C9H8F4/c10-8(11)4-5-9(12,13)7-3-1-2-6(7)8/h1-2H,3-5H2. The van der Waals surface area contributed by atoms with Gasteiger partial charge in [-0.1, -0.05) is 12.2 Å². The summed E-state index contributed by atoms with van der Waals surface area (Å²) >= 11 is 0. The van der Waals surface area contributed by atoms with Crippen LogP contribution in [0.2, 0.25) is 0 Å². The second-order valence-corrected chi connectivity index (χ2v) is 3.41. The van der Waals surface area contributed by atoms with Gasteiger partial charge in [0, 0.05) is 24.0 Å². The Balaban J connectivity index is 2.48. The zero-order chi connectivity index (χ0) is 9.69. The number of hydrogen-bond donors (Lipinski definition) is 0. The van der Waals surface area contributed by atoms with Crippen molar-refractivity contribution in [3.05, 3.63) is 23.3 Å². The minimum Gasteiger partial charge on any atom is -0.202 e. The molecule has 2 rings (SSSR count). The molecule has 0 atom stereocenters. The maximum atomic E-state index is 13.1. The van der Waals surface area contributed by atoms with Crippen molar-refractivity contribution in [2.45, 2.75) is 31.1 Å². The van der Waals surface area contributed by atoms with E-state index in [2.05, 4.69) is 0 Å². The summed E-state index contributed by atoms with van der Waals surface area (Å²) in [5.41, 5.74) is -0.840. The smallest absolute Gasteiger partial charge is 0.202 e. The molecular weight excluding hydrogens is 184 g/mol. The third-order valence-corrected chi connectivity index (χ3v) is 2.52. The lowest BCUT2D eigenvalue weighted by Gasteiger charge is -2.30. The first-order valence-corrected chi connectivity index (χ1v) is 4.10. The Bertz CT molecular complexity index is 299. The second-order valence-electron chi connectivity index (χ2n) is 3.41. The van der Waals surface area contributed by atoms with Gasteiger partial charge in [-0.2, -0.15) is 0 Å². The first-order valence-electron chi connectivity index (χ1n) is 4.10. The van der Waals surface area contributed by atoms with Crippen molar-refractivity contribution in [3.8, 4) is 0 Å². The third kappa shape index (κ3) is 1.19. The van der Waals surface area contributed by atoms with Gasteiger partial charge < -0.3 is 0 Å². The molecule has 0 saturated heterocycles. The average molecular weight is 192 g/mol. The van der Waals surface area contributed by atoms with E-state index in [1.54, 1.807) is 0 Å². The first-order chi connectivity index (χ1) is 5.93. The van der Waals surface area contributed by atoms with Crippen molar-refractivity contribution in [2.75, 3.05) is 0 Å². The quantitative estimate of drug-likeness (QED) is 0.516. The summed E-state index contributed by atoms with van der Waals surface area (Å²) in [6.45, 7) is 0. The predicted octanol–water partition coefficient (Wildman–Crippen LogP) is 3.31. The second kappa shape index (κ2) is 2.36. The molecule has 0 fully saturated rings. The molecule has 0 nitrogen and oxygen atoms in total. The van der Waals surface area contributed by atoms with Gasteiger partial charge in [0.2, 0.25) is 0 Å². The van der Waals surface area contributed by atoms with Crippen LogP contribution in [0.5, 0.6) is 0 Å². The molecule has 0 aromatic rings. The van der Waals surface area contributed by atoms with E-state index in [0.29, 0.717) is 0 Å². The molecule has 0 radical (unpaired) electrons. The molecule has 0 aromatic heterocycles. The minimum absolute atomic E-state index is 0.0298. The van der Waals surface area contributed by atoms with Gasteiger partial charge in [0.05, 0.1) is 0 Å². The van der Waals surface area contributed by atoms with Crippen LogP contribution in [0.1, 0.15) is 19.3 Å². The average Bonchev–Trinajstić information content (AvgIpc) is 2.48. The summed E-state index contributed by atoms with van der Waals surface area (Å²) in [6.07, 6.45) is 0.988. The van der Waals surface area contributed by atoms with Crippen molar-refractivity contribution in [1.29, 1.82) is 0 Å². The first kappa shape index (κ1) is 8.78. The summed E-state index contributed by atoms with van der Waals surface area (Å²) < 4.78 is 52.3. The number of hydrogen-bond acceptors (Lipinski definition) is 0. The van der Waals surface area contributed by atoms with Gasteiger partial charge in [-0.05, 0) is 6.42 Å². The molecule has 0 saturated carbocycles. The van der Waals surface area contributed by atoms with Crippen LogP contribution in [0, 0.1) is 0 Å². The van der Waals surface area contributed by atoms with Gasteiger partial charge in [-0.25, -0.2) is 17.6 Å². The fourth-order valence-electron chi connectivity index (χ4n) is 1.79. The van der Waals surface area contributed by atoms with Gasteiger partial charge in [-0.15, -0.1) is 0 Å². The summed E-state index contributed by atoms with van der Waals surface area (Å²) in [5, 5.41) is 0. The lowest BCUT2D eigenvalue weighted by atomic mass is 9.87. The highest BCUT2D eigenvalue weighted by molar-refractivity contribution is 5.44. The highest BCUT2D eigenvalue weighted by Gasteiger charge is 2.50. The maximum Gasteiger partial charge on any atom is 0.273 e. The lowest BCUT2D eigenvalue weighted by molar-refractivity contribution is -0.0452. The number of rotatable bonds is 0. The van der Waals surface area contributed by atoms with E-state index in [0.717, 1.165) is 6.08 Å². The molecule has 0 heterocycles. The van der Waals surface area contributed by atoms with E-state index >= 15 is 0 Å². The lowest BCUT2D eigenvalue weighted by Crippen LogP contribution is -2.33. The molecule has 2 aliphatic rings. The molecule has 13 heavy (non-hydrogen) atoms. The van der Waals surface area contributed by atoms with Gasteiger partial charge in [-0.3, -0.25) is 0 Å². The summed E-state index contributed by atoms with van der Waals surface area (Å²) in [4.78, 5) is 0. The highest BCUT2D eigenvalue weighted by Crippen LogP contribution is 2.49. The zero-order valence-corrected chi connectivity index (χ0v) is 6.79. The topological polar surface area (TPSA) is 0 Å². The van der Waals surface area contributed by atoms with Crippen LogP contribution >= 0.6 is 0 Å². The van der Waals surface area contributed by atoms with E-state index in [-0.39, 0.29) is 12.0 Å². The Morgan fingerprint density at radius 2 is 1.62 bits per heavy atom. The summed E-state index contributed by atoms with van der Waals surface area (Å²) in [5.74, 6) is -6.08. The minimum atomic E-state index is -3.05. The molecule has 0 aromatic carbocycles. The van der Waals surface area contributed by atoms with Crippen LogP contribution in [0.25, 0.3) is 0 Å². The molecular formula is C9H8F4. The molecule has 0 amide bonds. The largest absolute Gasteiger partial charge is 0.273 e. The van der Waals surface area contributed by atoms with E-state index in [4.69, 9.17) is 0 Å². The molecule has 0 N–H and O–H groups in total. The number of alkyl halides is 4. The fourth-order valence-corrected chi connectivity index (χ4v) is 1.79. The van der Waals surface area contributed by atoms with Crippen LogP contribution in [-0.4, -0.2) is 11.8 Å². The van der Waals surface area contributed by atoms with Crippen molar-refractivity contribution in [2.24, 2.45) is 0 Å². The summed E-state index contributed by atoms with van der Waals surface area (Å²) in [6, 6.07) is 0. The molecule has 4 heteroatoms. The molecule has 0 bridgehead atoms. The highest BCUT2D eigenvalue weighted by atomic mass is 19.3. The number of halogens is 4. The van der Waals surface area contributed by atoms with Crippen molar-refractivity contribution < 1.29 is 17.6 Å². The summed E-state index contributed by atoms with van der Waals surface area (Å²) in [7, 11) is 0. The van der Waals surface area contributed by atoms with Gasteiger partial charge in [0.15, 0.2) is 0 Å². The molecule has 0 spiro atoms. The Morgan fingerprint density at radius 1 is 1.00 bits per heavy atom. The monoisotopic (exact) mass is 192 g/mol. The van der Waals surface area contributed by atoms with E-state index in [1.165, 1.54) is 6.08 Å². The SMILES string of the molecule is FC1(F)CCC(F)(F)C2=C1C=CC2. The van der Waals surface area contributed by atoms with Crippen LogP contribution in [-0.2, 0) is 0 Å². The number of allylic oxidation sites excluding steroid dienone is 4. The van der Waals surface area contributed by atoms with Crippen LogP contribution in [0.4, 0.5) is 17.6 Å². The van der Waals surface area contributed by atoms with Crippen LogP contribution in [0.3, 0.4) is 0 Å². The molecule has 72 valence electrons. The molecule has 0 unspecified atom stereocenters. The van der Waals surface area contributed by atoms with Crippen LogP contribution in [0.15, 0.2) is 23.3 Å².